The Labute approximate surface area is 138 Å². The summed E-state index contributed by atoms with van der Waals surface area (Å²) in [6.07, 6.45) is -2.73. The molecule has 0 radical (unpaired) electrons. The van der Waals surface area contributed by atoms with Crippen molar-refractivity contribution in [2.24, 2.45) is 0 Å². The summed E-state index contributed by atoms with van der Waals surface area (Å²) in [7, 11) is 0. The number of alkyl carbamates (subject to hydrolysis) is 1. The normalized spacial score (nSPS) is 21.0. The van der Waals surface area contributed by atoms with Crippen LogP contribution in [0, 0.1) is 6.92 Å². The minimum Gasteiger partial charge on any atom is -0.444 e. The highest BCUT2D eigenvalue weighted by Gasteiger charge is 2.36. The molecule has 0 bridgehead atoms. The average molecular weight is 346 g/mol. The smallest absolute Gasteiger partial charge is 0.419 e. The Kier molecular flexibility index (Phi) is 4.91. The molecule has 1 aliphatic carbocycles. The maximum absolute atomic E-state index is 12.7. The summed E-state index contributed by atoms with van der Waals surface area (Å²) in [6, 6.07) is -0.320. The first-order valence-electron chi connectivity index (χ1n) is 7.62. The summed E-state index contributed by atoms with van der Waals surface area (Å²) >= 11 is 0. The van der Waals surface area contributed by atoms with Gasteiger partial charge in [-0.05, 0) is 40.5 Å². The van der Waals surface area contributed by atoms with Crippen LogP contribution in [0.2, 0.25) is 0 Å². The van der Waals surface area contributed by atoms with E-state index in [0.717, 1.165) is 19.0 Å². The van der Waals surface area contributed by atoms with E-state index in [1.165, 1.54) is 6.92 Å². The molecule has 134 valence electrons. The third kappa shape index (κ3) is 4.72. The lowest BCUT2D eigenvalue weighted by atomic mass is 9.86. The highest BCUT2D eigenvalue weighted by molar-refractivity contribution is 5.68. The van der Waals surface area contributed by atoms with Crippen molar-refractivity contribution in [3.05, 3.63) is 17.5 Å². The van der Waals surface area contributed by atoms with Crippen LogP contribution in [0.25, 0.3) is 0 Å². The topological polar surface area (TPSA) is 76.1 Å². The van der Waals surface area contributed by atoms with Gasteiger partial charge in [0.1, 0.15) is 5.60 Å². The lowest BCUT2D eigenvalue weighted by molar-refractivity contribution is -0.138. The second-order valence-corrected chi connectivity index (χ2v) is 6.77. The second kappa shape index (κ2) is 6.45. The van der Waals surface area contributed by atoms with Crippen molar-refractivity contribution in [3.8, 4) is 0 Å². The van der Waals surface area contributed by atoms with Crippen molar-refractivity contribution in [1.82, 2.24) is 15.3 Å². The van der Waals surface area contributed by atoms with Gasteiger partial charge in [0.15, 0.2) is 0 Å². The molecule has 0 spiro atoms. The van der Waals surface area contributed by atoms with Gasteiger partial charge < -0.3 is 15.4 Å². The molecule has 0 unspecified atom stereocenters. The number of aromatic nitrogens is 2. The number of halogens is 3. The molecule has 0 aromatic carbocycles. The fraction of sp³-hybridized carbons (Fsp3) is 0.667. The van der Waals surface area contributed by atoms with E-state index < -0.39 is 23.4 Å². The predicted molar refractivity (Wildman–Crippen MR) is 81.6 cm³/mol. The molecule has 0 aliphatic heterocycles. The van der Waals surface area contributed by atoms with E-state index in [2.05, 4.69) is 20.6 Å². The second-order valence-electron chi connectivity index (χ2n) is 6.77. The number of carbonyl (C=O) groups excluding carboxylic acids is 1. The van der Waals surface area contributed by atoms with E-state index in [1.807, 2.05) is 0 Å². The molecule has 1 aliphatic rings. The number of ether oxygens (including phenoxy) is 1. The van der Waals surface area contributed by atoms with Gasteiger partial charge in [-0.1, -0.05) is 0 Å². The number of anilines is 1. The van der Waals surface area contributed by atoms with Crippen LogP contribution in [0.4, 0.5) is 23.9 Å². The Morgan fingerprint density at radius 2 is 1.88 bits per heavy atom. The van der Waals surface area contributed by atoms with Crippen LogP contribution in [0.5, 0.6) is 0 Å². The number of amides is 1. The molecule has 9 heteroatoms. The van der Waals surface area contributed by atoms with Crippen LogP contribution < -0.4 is 10.6 Å². The van der Waals surface area contributed by atoms with E-state index in [0.29, 0.717) is 0 Å². The summed E-state index contributed by atoms with van der Waals surface area (Å²) in [5.41, 5.74) is -1.59. The number of nitrogens with one attached hydrogen (secondary N) is 2. The number of hydrogen-bond acceptors (Lipinski definition) is 5. The van der Waals surface area contributed by atoms with Gasteiger partial charge >= 0.3 is 12.3 Å². The zero-order chi connectivity index (χ0) is 18.1. The minimum absolute atomic E-state index is 0.112. The number of aryl methyl sites for hydroxylation is 1. The van der Waals surface area contributed by atoms with Crippen molar-refractivity contribution in [2.75, 3.05) is 5.32 Å². The standard InChI is InChI=1S/C15H21F3N4O2/c1-8-9(15(16,17)18)7-19-12(20-8)21-10-5-6-11(10)22-13(23)24-14(2,3)4/h7,10-11H,5-6H2,1-4H3,(H,22,23)(H,19,20,21)/t10-,11-/m0/s1. The van der Waals surface area contributed by atoms with Crippen LogP contribution in [0.1, 0.15) is 44.9 Å². The maximum atomic E-state index is 12.7. The van der Waals surface area contributed by atoms with Gasteiger partial charge in [-0.3, -0.25) is 0 Å². The molecule has 1 aromatic rings. The summed E-state index contributed by atoms with van der Waals surface area (Å²) < 4.78 is 43.3. The summed E-state index contributed by atoms with van der Waals surface area (Å²) in [5, 5.41) is 5.69. The Bertz CT molecular complexity index is 614. The number of hydrogen-bond donors (Lipinski definition) is 2. The van der Waals surface area contributed by atoms with Gasteiger partial charge in [-0.2, -0.15) is 13.2 Å². The molecular formula is C15H21F3N4O2. The zero-order valence-corrected chi connectivity index (χ0v) is 14.0. The summed E-state index contributed by atoms with van der Waals surface area (Å²) in [5.74, 6) is 0.112. The van der Waals surface area contributed by atoms with Gasteiger partial charge in [-0.15, -0.1) is 0 Å². The zero-order valence-electron chi connectivity index (χ0n) is 14.0. The Hall–Kier alpha value is -2.06. The number of alkyl halides is 3. The molecule has 1 aromatic heterocycles. The maximum Gasteiger partial charge on any atom is 0.419 e. The average Bonchev–Trinajstić information content (AvgIpc) is 2.38. The molecule has 2 rings (SSSR count). The summed E-state index contributed by atoms with van der Waals surface area (Å²) in [4.78, 5) is 19.3. The van der Waals surface area contributed by atoms with Gasteiger partial charge in [0.25, 0.3) is 0 Å². The van der Waals surface area contributed by atoms with Crippen LogP contribution in [0.3, 0.4) is 0 Å². The third-order valence-corrected chi connectivity index (χ3v) is 3.58. The Balaban J connectivity index is 1.95. The SMILES string of the molecule is Cc1nc(N[C@H]2CC[C@@H]2NC(=O)OC(C)(C)C)ncc1C(F)(F)F. The fourth-order valence-corrected chi connectivity index (χ4v) is 2.29. The molecule has 0 saturated heterocycles. The third-order valence-electron chi connectivity index (χ3n) is 3.58. The van der Waals surface area contributed by atoms with Crippen LogP contribution >= 0.6 is 0 Å². The van der Waals surface area contributed by atoms with E-state index in [-0.39, 0.29) is 23.7 Å². The molecule has 1 saturated carbocycles. The minimum atomic E-state index is -4.47. The van der Waals surface area contributed by atoms with Crippen molar-refractivity contribution in [2.45, 2.75) is 64.4 Å². The number of carbonyl (C=O) groups is 1. The number of nitrogens with zero attached hydrogens (tertiary/aromatic N) is 2. The molecule has 6 nitrogen and oxygen atoms in total. The quantitative estimate of drug-likeness (QED) is 0.878. The van der Waals surface area contributed by atoms with Crippen LogP contribution in [-0.2, 0) is 10.9 Å². The van der Waals surface area contributed by atoms with Crippen molar-refractivity contribution < 1.29 is 22.7 Å². The Morgan fingerprint density at radius 1 is 1.25 bits per heavy atom. The highest BCUT2D eigenvalue weighted by atomic mass is 19.4. The van der Waals surface area contributed by atoms with Crippen LogP contribution in [0.15, 0.2) is 6.20 Å². The van der Waals surface area contributed by atoms with E-state index in [9.17, 15) is 18.0 Å². The van der Waals surface area contributed by atoms with Gasteiger partial charge in [-0.25, -0.2) is 14.8 Å². The largest absolute Gasteiger partial charge is 0.444 e. The van der Waals surface area contributed by atoms with Crippen LogP contribution in [-0.4, -0.2) is 33.7 Å². The number of rotatable bonds is 3. The molecule has 24 heavy (non-hydrogen) atoms. The molecule has 1 amide bonds. The molecule has 2 atom stereocenters. The van der Waals surface area contributed by atoms with E-state index >= 15 is 0 Å². The summed E-state index contributed by atoms with van der Waals surface area (Å²) in [6.45, 7) is 6.58. The molecule has 1 heterocycles. The predicted octanol–water partition coefficient (Wildman–Crippen LogP) is 3.27. The molecule has 1 fully saturated rings. The lowest BCUT2D eigenvalue weighted by Crippen LogP contribution is -2.54. The monoisotopic (exact) mass is 346 g/mol. The van der Waals surface area contributed by atoms with Crippen molar-refractivity contribution in [3.63, 3.8) is 0 Å². The lowest BCUT2D eigenvalue weighted by Gasteiger charge is -2.37. The highest BCUT2D eigenvalue weighted by Crippen LogP contribution is 2.31. The van der Waals surface area contributed by atoms with Gasteiger partial charge in [0, 0.05) is 12.2 Å². The van der Waals surface area contributed by atoms with E-state index in [4.69, 9.17) is 4.74 Å². The van der Waals surface area contributed by atoms with Crippen molar-refractivity contribution >= 4 is 12.0 Å². The first-order chi connectivity index (χ1) is 11.0. The molecule has 2 N–H and O–H groups in total. The molecular weight excluding hydrogens is 325 g/mol. The van der Waals surface area contributed by atoms with Gasteiger partial charge in [0.2, 0.25) is 5.95 Å². The van der Waals surface area contributed by atoms with Gasteiger partial charge in [0.05, 0.1) is 17.3 Å². The first kappa shape index (κ1) is 18.3. The van der Waals surface area contributed by atoms with E-state index in [1.54, 1.807) is 20.8 Å². The van der Waals surface area contributed by atoms with Crippen molar-refractivity contribution in [1.29, 1.82) is 0 Å². The first-order valence-corrected chi connectivity index (χ1v) is 7.62. The fourth-order valence-electron chi connectivity index (χ4n) is 2.29. The Morgan fingerprint density at radius 3 is 2.33 bits per heavy atom.